The van der Waals surface area contributed by atoms with Gasteiger partial charge in [-0.1, -0.05) is 168 Å². The molecule has 0 spiro atoms. The Balaban J connectivity index is 1.54. The van der Waals surface area contributed by atoms with Crippen LogP contribution in [0.1, 0.15) is 115 Å². The minimum atomic E-state index is 0.811. The third-order valence-corrected chi connectivity index (χ3v) is 8.92. The standard InChI is InChI=1S/C44H57N2/c1-4-7-9-11-13-17-23-38-34-42(39-24-19-15-20-25-39)36-43(35-38)45-46(6-3)32-31-37-29-30-44(40-26-21-16-22-27-40)41(33-37)28-18-14-12-10-8-5-2/h15-16,19-22,24-27,29-36H,4-14,17-18,23,28H2,1-3H3/q+1. The number of nitrogens with zero attached hydrogens (tertiary/aromatic N) is 2. The Kier molecular flexibility index (Phi) is 15.5. The van der Waals surface area contributed by atoms with Crippen molar-refractivity contribution in [2.24, 2.45) is 5.11 Å². The largest absolute Gasteiger partial charge is 0.196 e. The summed E-state index contributed by atoms with van der Waals surface area (Å²) in [4.78, 5) is 0. The van der Waals surface area contributed by atoms with Crippen LogP contribution < -0.4 is 0 Å². The first-order chi connectivity index (χ1) is 22.7. The lowest BCUT2D eigenvalue weighted by molar-refractivity contribution is -0.519. The van der Waals surface area contributed by atoms with E-state index in [0.29, 0.717) is 0 Å². The Bertz CT molecular complexity index is 1480. The molecule has 0 unspecified atom stereocenters. The summed E-state index contributed by atoms with van der Waals surface area (Å²) in [5, 5.41) is 5.13. The van der Waals surface area contributed by atoms with Crippen LogP contribution in [0.3, 0.4) is 0 Å². The molecule has 2 heteroatoms. The SMILES string of the molecule is CCCCCCCCc1cc(N=[N+](C=Cc2ccc(-c3ccccc3)c(CCCCCCCC)c2)CC)cc(-c2ccccc2)c1. The first-order valence-corrected chi connectivity index (χ1v) is 18.2. The highest BCUT2D eigenvalue weighted by Gasteiger charge is 2.09. The third kappa shape index (κ3) is 11.9. The first kappa shape index (κ1) is 35.1. The van der Waals surface area contributed by atoms with Crippen molar-refractivity contribution in [1.82, 2.24) is 0 Å². The second-order valence-electron chi connectivity index (χ2n) is 12.7. The number of hydrogen-bond acceptors (Lipinski definition) is 1. The number of unbranched alkanes of at least 4 members (excludes halogenated alkanes) is 10. The van der Waals surface area contributed by atoms with Gasteiger partial charge in [0.15, 0.2) is 12.7 Å². The third-order valence-electron chi connectivity index (χ3n) is 8.92. The van der Waals surface area contributed by atoms with E-state index < -0.39 is 0 Å². The lowest BCUT2D eigenvalue weighted by atomic mass is 9.93. The first-order valence-electron chi connectivity index (χ1n) is 18.2. The fourth-order valence-corrected chi connectivity index (χ4v) is 6.23. The Morgan fingerprint density at radius 2 is 1.15 bits per heavy atom. The van der Waals surface area contributed by atoms with Crippen LogP contribution in [-0.4, -0.2) is 11.2 Å². The van der Waals surface area contributed by atoms with Gasteiger partial charge in [0.2, 0.25) is 0 Å². The van der Waals surface area contributed by atoms with Crippen molar-refractivity contribution in [3.63, 3.8) is 0 Å². The molecule has 0 fully saturated rings. The molecule has 0 aliphatic heterocycles. The second kappa shape index (κ2) is 20.4. The van der Waals surface area contributed by atoms with Crippen molar-refractivity contribution in [2.45, 2.75) is 111 Å². The number of benzene rings is 4. The highest BCUT2D eigenvalue weighted by molar-refractivity contribution is 5.70. The average Bonchev–Trinajstić information content (AvgIpc) is 3.10. The van der Waals surface area contributed by atoms with E-state index in [0.717, 1.165) is 25.1 Å². The van der Waals surface area contributed by atoms with Crippen molar-refractivity contribution < 1.29 is 4.70 Å². The van der Waals surface area contributed by atoms with E-state index >= 15 is 0 Å². The molecular formula is C44H57N2+. The van der Waals surface area contributed by atoms with Gasteiger partial charge in [0.1, 0.15) is 5.69 Å². The van der Waals surface area contributed by atoms with Crippen molar-refractivity contribution in [2.75, 3.05) is 6.54 Å². The lowest BCUT2D eigenvalue weighted by Gasteiger charge is -2.11. The van der Waals surface area contributed by atoms with Gasteiger partial charge in [-0.2, -0.15) is 0 Å². The molecule has 0 amide bonds. The van der Waals surface area contributed by atoms with E-state index in [2.05, 4.69) is 135 Å². The van der Waals surface area contributed by atoms with E-state index in [9.17, 15) is 0 Å². The zero-order valence-corrected chi connectivity index (χ0v) is 28.9. The molecule has 4 aromatic rings. The van der Waals surface area contributed by atoms with Gasteiger partial charge in [-0.15, -0.1) is 0 Å². The van der Waals surface area contributed by atoms with E-state index in [1.165, 1.54) is 116 Å². The molecule has 0 aromatic heterocycles. The van der Waals surface area contributed by atoms with Crippen molar-refractivity contribution in [3.05, 3.63) is 120 Å². The van der Waals surface area contributed by atoms with Crippen LogP contribution in [0.5, 0.6) is 0 Å². The number of azo groups is 2. The maximum Gasteiger partial charge on any atom is 0.196 e. The summed E-state index contributed by atoms with van der Waals surface area (Å²) in [6.45, 7) is 7.56. The van der Waals surface area contributed by atoms with Gasteiger partial charge in [-0.3, -0.25) is 0 Å². The van der Waals surface area contributed by atoms with Crippen LogP contribution in [-0.2, 0) is 12.8 Å². The Morgan fingerprint density at radius 3 is 1.80 bits per heavy atom. The summed E-state index contributed by atoms with van der Waals surface area (Å²) >= 11 is 0. The molecule has 0 aliphatic rings. The molecule has 0 N–H and O–H groups in total. The summed E-state index contributed by atoms with van der Waals surface area (Å²) in [6, 6.07) is 35.5. The predicted octanol–water partition coefficient (Wildman–Crippen LogP) is 13.6. The molecule has 0 atom stereocenters. The summed E-state index contributed by atoms with van der Waals surface area (Å²) in [6.07, 6.45) is 22.4. The molecule has 242 valence electrons. The fraction of sp³-hybridized carbons (Fsp3) is 0.409. The second-order valence-corrected chi connectivity index (χ2v) is 12.7. The molecule has 0 saturated carbocycles. The van der Waals surface area contributed by atoms with Crippen LogP contribution >= 0.6 is 0 Å². The van der Waals surface area contributed by atoms with E-state index in [1.54, 1.807) is 0 Å². The summed E-state index contributed by atoms with van der Waals surface area (Å²) < 4.78 is 2.08. The highest BCUT2D eigenvalue weighted by atomic mass is 15.2. The minimum absolute atomic E-state index is 0.811. The van der Waals surface area contributed by atoms with Gasteiger partial charge in [0.25, 0.3) is 0 Å². The quantitative estimate of drug-likeness (QED) is 0.0535. The fourth-order valence-electron chi connectivity index (χ4n) is 6.23. The van der Waals surface area contributed by atoms with E-state index in [4.69, 9.17) is 5.11 Å². The Morgan fingerprint density at radius 1 is 0.543 bits per heavy atom. The monoisotopic (exact) mass is 613 g/mol. The molecule has 0 saturated heterocycles. The van der Waals surface area contributed by atoms with Crippen molar-refractivity contribution in [1.29, 1.82) is 0 Å². The van der Waals surface area contributed by atoms with E-state index in [-0.39, 0.29) is 0 Å². The smallest absolute Gasteiger partial charge is 0.0910 e. The van der Waals surface area contributed by atoms with Crippen LogP contribution in [0.4, 0.5) is 5.69 Å². The van der Waals surface area contributed by atoms with Crippen LogP contribution in [0.15, 0.2) is 108 Å². The number of rotatable bonds is 20. The normalized spacial score (nSPS) is 11.8. The average molecular weight is 614 g/mol. The predicted molar refractivity (Wildman–Crippen MR) is 200 cm³/mol. The topological polar surface area (TPSA) is 15.4 Å². The maximum atomic E-state index is 5.13. The molecule has 46 heavy (non-hydrogen) atoms. The number of aryl methyl sites for hydroxylation is 2. The summed E-state index contributed by atoms with van der Waals surface area (Å²) in [5.41, 5.74) is 10.2. The van der Waals surface area contributed by atoms with Crippen molar-refractivity contribution >= 4 is 11.8 Å². The lowest BCUT2D eigenvalue weighted by Crippen LogP contribution is -1.99. The summed E-state index contributed by atoms with van der Waals surface area (Å²) in [5.74, 6) is 0. The van der Waals surface area contributed by atoms with Gasteiger partial charge in [-0.25, -0.2) is 0 Å². The van der Waals surface area contributed by atoms with Crippen LogP contribution in [0.25, 0.3) is 28.3 Å². The number of hydrogen-bond donors (Lipinski definition) is 0. The molecule has 0 aliphatic carbocycles. The Hall–Kier alpha value is -3.78. The molecule has 0 heterocycles. The van der Waals surface area contributed by atoms with Gasteiger partial charge >= 0.3 is 0 Å². The van der Waals surface area contributed by atoms with Gasteiger partial charge in [0.05, 0.1) is 0 Å². The molecule has 2 nitrogen and oxygen atoms in total. The highest BCUT2D eigenvalue weighted by Crippen LogP contribution is 2.29. The van der Waals surface area contributed by atoms with E-state index in [1.807, 2.05) is 0 Å². The molecule has 0 radical (unpaired) electrons. The Labute approximate surface area is 280 Å². The van der Waals surface area contributed by atoms with Gasteiger partial charge in [0, 0.05) is 6.08 Å². The maximum absolute atomic E-state index is 5.13. The molecule has 4 aromatic carbocycles. The van der Waals surface area contributed by atoms with Crippen molar-refractivity contribution in [3.8, 4) is 22.3 Å². The minimum Gasteiger partial charge on any atom is -0.0910 e. The zero-order chi connectivity index (χ0) is 32.2. The van der Waals surface area contributed by atoms with Crippen LogP contribution in [0.2, 0.25) is 0 Å². The van der Waals surface area contributed by atoms with Crippen LogP contribution in [0, 0.1) is 0 Å². The molecule has 4 rings (SSSR count). The molecule has 0 bridgehead atoms. The van der Waals surface area contributed by atoms with Gasteiger partial charge < -0.3 is 0 Å². The molecular weight excluding hydrogens is 556 g/mol. The van der Waals surface area contributed by atoms with Gasteiger partial charge in [-0.05, 0) is 88.8 Å². The zero-order valence-electron chi connectivity index (χ0n) is 28.9. The summed E-state index contributed by atoms with van der Waals surface area (Å²) in [7, 11) is 0.